The molecule has 0 aromatic carbocycles. The fraction of sp³-hybridized carbons (Fsp3) is 0.846. The van der Waals surface area contributed by atoms with Crippen LogP contribution in [0.3, 0.4) is 0 Å². The Hall–Kier alpha value is -1.14. The standard InChI is InChI=1S/C13H24N2O4/c1-2-3-4-11(14)13(18)15-7-5-10(6-8-15)19-9-12(16)17/h10-11H,2-9,14H2,1H3,(H,16,17)/t11-/m0/s1. The number of unbranched alkanes of at least 4 members (excludes halogenated alkanes) is 1. The van der Waals surface area contributed by atoms with Gasteiger partial charge in [-0.2, -0.15) is 0 Å². The van der Waals surface area contributed by atoms with E-state index in [0.29, 0.717) is 25.9 Å². The van der Waals surface area contributed by atoms with Crippen molar-refractivity contribution in [2.75, 3.05) is 19.7 Å². The van der Waals surface area contributed by atoms with Gasteiger partial charge in [0.2, 0.25) is 5.91 Å². The van der Waals surface area contributed by atoms with Gasteiger partial charge in [-0.15, -0.1) is 0 Å². The number of aliphatic carboxylic acids is 1. The van der Waals surface area contributed by atoms with Crippen molar-refractivity contribution in [3.8, 4) is 0 Å². The van der Waals surface area contributed by atoms with Gasteiger partial charge in [-0.25, -0.2) is 4.79 Å². The molecule has 1 aliphatic heterocycles. The zero-order valence-electron chi connectivity index (χ0n) is 11.5. The number of nitrogens with zero attached hydrogens (tertiary/aromatic N) is 1. The van der Waals surface area contributed by atoms with E-state index >= 15 is 0 Å². The quantitative estimate of drug-likeness (QED) is 0.708. The number of ether oxygens (including phenoxy) is 1. The third kappa shape index (κ3) is 5.57. The van der Waals surface area contributed by atoms with Gasteiger partial charge in [-0.1, -0.05) is 19.8 Å². The van der Waals surface area contributed by atoms with Gasteiger partial charge in [0.1, 0.15) is 6.61 Å². The number of likely N-dealkylation sites (tertiary alicyclic amines) is 1. The highest BCUT2D eigenvalue weighted by atomic mass is 16.5. The van der Waals surface area contributed by atoms with E-state index < -0.39 is 12.0 Å². The van der Waals surface area contributed by atoms with E-state index in [1.165, 1.54) is 0 Å². The van der Waals surface area contributed by atoms with Crippen LogP contribution >= 0.6 is 0 Å². The van der Waals surface area contributed by atoms with Crippen molar-refractivity contribution in [1.29, 1.82) is 0 Å². The fourth-order valence-corrected chi connectivity index (χ4v) is 2.21. The van der Waals surface area contributed by atoms with Crippen LogP contribution in [0.4, 0.5) is 0 Å². The minimum Gasteiger partial charge on any atom is -0.480 e. The number of carboxylic acid groups (broad SMARTS) is 1. The largest absolute Gasteiger partial charge is 0.480 e. The minimum atomic E-state index is -0.958. The molecule has 0 bridgehead atoms. The number of carbonyl (C=O) groups excluding carboxylic acids is 1. The van der Waals surface area contributed by atoms with Crippen LogP contribution in [0, 0.1) is 0 Å². The van der Waals surface area contributed by atoms with Crippen molar-refractivity contribution in [3.63, 3.8) is 0 Å². The highest BCUT2D eigenvalue weighted by molar-refractivity contribution is 5.81. The summed E-state index contributed by atoms with van der Waals surface area (Å²) in [4.78, 5) is 24.2. The Balaban J connectivity index is 2.28. The van der Waals surface area contributed by atoms with Gasteiger partial charge in [0, 0.05) is 13.1 Å². The third-order valence-corrected chi connectivity index (χ3v) is 3.38. The second-order valence-corrected chi connectivity index (χ2v) is 4.98. The van der Waals surface area contributed by atoms with Crippen LogP contribution in [0.15, 0.2) is 0 Å². The van der Waals surface area contributed by atoms with Gasteiger partial charge in [0.05, 0.1) is 12.1 Å². The van der Waals surface area contributed by atoms with Gasteiger partial charge in [0.25, 0.3) is 0 Å². The molecule has 0 aliphatic carbocycles. The van der Waals surface area contributed by atoms with Crippen molar-refractivity contribution in [1.82, 2.24) is 4.90 Å². The SMILES string of the molecule is CCCC[C@H](N)C(=O)N1CCC(OCC(=O)O)CC1. The lowest BCUT2D eigenvalue weighted by molar-refractivity contribution is -0.147. The lowest BCUT2D eigenvalue weighted by atomic mass is 10.0. The Kier molecular flexibility index (Phi) is 6.80. The zero-order chi connectivity index (χ0) is 14.3. The van der Waals surface area contributed by atoms with Crippen LogP contribution in [0.25, 0.3) is 0 Å². The van der Waals surface area contributed by atoms with Crippen LogP contribution < -0.4 is 5.73 Å². The Morgan fingerprint density at radius 1 is 1.42 bits per heavy atom. The molecule has 1 amide bonds. The predicted octanol–water partition coefficient (Wildman–Crippen LogP) is 0.596. The Morgan fingerprint density at radius 3 is 2.58 bits per heavy atom. The van der Waals surface area contributed by atoms with Crippen molar-refractivity contribution in [2.24, 2.45) is 5.73 Å². The van der Waals surface area contributed by atoms with Crippen LogP contribution in [0.5, 0.6) is 0 Å². The summed E-state index contributed by atoms with van der Waals surface area (Å²) in [5, 5.41) is 8.53. The first-order valence-corrected chi connectivity index (χ1v) is 6.92. The molecule has 1 heterocycles. The van der Waals surface area contributed by atoms with E-state index in [0.717, 1.165) is 19.3 Å². The fourth-order valence-electron chi connectivity index (χ4n) is 2.21. The van der Waals surface area contributed by atoms with E-state index in [-0.39, 0.29) is 18.6 Å². The van der Waals surface area contributed by atoms with Crippen LogP contribution in [-0.4, -0.2) is 53.7 Å². The molecule has 1 aliphatic rings. The molecule has 110 valence electrons. The van der Waals surface area contributed by atoms with Crippen LogP contribution in [0.1, 0.15) is 39.0 Å². The summed E-state index contributed by atoms with van der Waals surface area (Å²) in [5.74, 6) is -0.953. The zero-order valence-corrected chi connectivity index (χ0v) is 11.5. The molecule has 1 atom stereocenters. The van der Waals surface area contributed by atoms with E-state index in [4.69, 9.17) is 15.6 Å². The van der Waals surface area contributed by atoms with E-state index in [9.17, 15) is 9.59 Å². The Labute approximate surface area is 113 Å². The maximum atomic E-state index is 12.0. The molecular formula is C13H24N2O4. The first kappa shape index (κ1) is 15.9. The van der Waals surface area contributed by atoms with Gasteiger partial charge < -0.3 is 20.5 Å². The summed E-state index contributed by atoms with van der Waals surface area (Å²) in [7, 11) is 0. The average Bonchev–Trinajstić information content (AvgIpc) is 2.42. The first-order chi connectivity index (χ1) is 9.04. The van der Waals surface area contributed by atoms with Gasteiger partial charge in [-0.05, 0) is 19.3 Å². The molecule has 19 heavy (non-hydrogen) atoms. The maximum absolute atomic E-state index is 12.0. The van der Waals surface area contributed by atoms with Gasteiger partial charge >= 0.3 is 5.97 Å². The molecule has 6 heteroatoms. The molecule has 0 unspecified atom stereocenters. The summed E-state index contributed by atoms with van der Waals surface area (Å²) >= 11 is 0. The average molecular weight is 272 g/mol. The Morgan fingerprint density at radius 2 is 2.05 bits per heavy atom. The van der Waals surface area contributed by atoms with Crippen molar-refractivity contribution in [3.05, 3.63) is 0 Å². The number of rotatable bonds is 7. The molecule has 0 aromatic heterocycles. The summed E-state index contributed by atoms with van der Waals surface area (Å²) in [6.45, 7) is 3.00. The number of piperidine rings is 1. The second-order valence-electron chi connectivity index (χ2n) is 4.98. The maximum Gasteiger partial charge on any atom is 0.329 e. The summed E-state index contributed by atoms with van der Waals surface area (Å²) in [5.41, 5.74) is 5.87. The number of hydrogen-bond acceptors (Lipinski definition) is 4. The molecule has 0 spiro atoms. The van der Waals surface area contributed by atoms with E-state index in [1.807, 2.05) is 0 Å². The summed E-state index contributed by atoms with van der Waals surface area (Å²) < 4.78 is 5.23. The Bertz CT molecular complexity index is 301. The van der Waals surface area contributed by atoms with Gasteiger partial charge in [-0.3, -0.25) is 4.79 Å². The molecule has 0 saturated carbocycles. The smallest absolute Gasteiger partial charge is 0.329 e. The molecule has 3 N–H and O–H groups in total. The number of carboxylic acids is 1. The number of nitrogens with two attached hydrogens (primary N) is 1. The molecule has 6 nitrogen and oxygen atoms in total. The second kappa shape index (κ2) is 8.12. The molecule has 1 saturated heterocycles. The number of carbonyl (C=O) groups is 2. The molecule has 1 rings (SSSR count). The van der Waals surface area contributed by atoms with Crippen molar-refractivity contribution < 1.29 is 19.4 Å². The first-order valence-electron chi connectivity index (χ1n) is 6.92. The van der Waals surface area contributed by atoms with E-state index in [1.54, 1.807) is 4.90 Å². The van der Waals surface area contributed by atoms with Crippen molar-refractivity contribution in [2.45, 2.75) is 51.2 Å². The summed E-state index contributed by atoms with van der Waals surface area (Å²) in [6.07, 6.45) is 4.02. The third-order valence-electron chi connectivity index (χ3n) is 3.38. The highest BCUT2D eigenvalue weighted by Crippen LogP contribution is 2.15. The normalized spacial score (nSPS) is 18.3. The monoisotopic (exact) mass is 272 g/mol. The number of hydrogen-bond donors (Lipinski definition) is 2. The topological polar surface area (TPSA) is 92.9 Å². The molecule has 1 fully saturated rings. The number of amides is 1. The predicted molar refractivity (Wildman–Crippen MR) is 70.7 cm³/mol. The van der Waals surface area contributed by atoms with Crippen LogP contribution in [-0.2, 0) is 14.3 Å². The molecule has 0 aromatic rings. The van der Waals surface area contributed by atoms with Crippen LogP contribution in [0.2, 0.25) is 0 Å². The highest BCUT2D eigenvalue weighted by Gasteiger charge is 2.26. The summed E-state index contributed by atoms with van der Waals surface area (Å²) in [6, 6.07) is -0.406. The minimum absolute atomic E-state index is 0.00475. The van der Waals surface area contributed by atoms with Crippen molar-refractivity contribution >= 4 is 11.9 Å². The van der Waals surface area contributed by atoms with Gasteiger partial charge in [0.15, 0.2) is 0 Å². The van der Waals surface area contributed by atoms with E-state index in [2.05, 4.69) is 6.92 Å². The lowest BCUT2D eigenvalue weighted by Crippen LogP contribution is -2.48. The molecule has 0 radical (unpaired) electrons. The lowest BCUT2D eigenvalue weighted by Gasteiger charge is -2.33. The molecular weight excluding hydrogens is 248 g/mol.